The molecule has 0 fully saturated rings. The van der Waals surface area contributed by atoms with Gasteiger partial charge in [-0.15, -0.1) is 0 Å². The molecule has 0 spiro atoms. The van der Waals surface area contributed by atoms with Gasteiger partial charge in [-0.05, 0) is 23.3 Å². The van der Waals surface area contributed by atoms with Crippen LogP contribution in [-0.4, -0.2) is 11.8 Å². The normalized spacial score (nSPS) is 11.1. The lowest BCUT2D eigenvalue weighted by Crippen LogP contribution is -2.19. The van der Waals surface area contributed by atoms with Gasteiger partial charge in [0.25, 0.3) is 0 Å². The SMILES string of the molecule is [CH2]CCCN(O)c1c2ccccc2cc2ccccc12. The third-order valence-corrected chi connectivity index (χ3v) is 3.62. The molecule has 2 heteroatoms. The monoisotopic (exact) mass is 264 g/mol. The van der Waals surface area contributed by atoms with Crippen molar-refractivity contribution < 1.29 is 5.21 Å². The standard InChI is InChI=1S/C18H18NO/c1-2-3-12-19(20)18-16-10-6-4-8-14(16)13-15-9-5-7-11-17(15)18/h4-11,13,20H,1-3,12H2. The van der Waals surface area contributed by atoms with E-state index in [2.05, 4.69) is 37.3 Å². The molecule has 0 bridgehead atoms. The van der Waals surface area contributed by atoms with Crippen LogP contribution in [0.15, 0.2) is 54.6 Å². The summed E-state index contributed by atoms with van der Waals surface area (Å²) in [7, 11) is 0. The van der Waals surface area contributed by atoms with E-state index in [1.165, 1.54) is 5.06 Å². The Labute approximate surface area is 119 Å². The maximum Gasteiger partial charge on any atom is 0.0790 e. The Balaban J connectivity index is 2.27. The fraction of sp³-hybridized carbons (Fsp3) is 0.167. The third kappa shape index (κ3) is 2.23. The van der Waals surface area contributed by atoms with E-state index >= 15 is 0 Å². The Bertz CT molecular complexity index is 682. The Hall–Kier alpha value is -2.06. The predicted molar refractivity (Wildman–Crippen MR) is 85.2 cm³/mol. The summed E-state index contributed by atoms with van der Waals surface area (Å²) in [5, 5.41) is 16.3. The first-order valence-electron chi connectivity index (χ1n) is 6.97. The van der Waals surface area contributed by atoms with Crippen LogP contribution in [0.2, 0.25) is 0 Å². The van der Waals surface area contributed by atoms with Crippen molar-refractivity contribution in [3.8, 4) is 0 Å². The number of hydroxylamine groups is 1. The van der Waals surface area contributed by atoms with Gasteiger partial charge >= 0.3 is 0 Å². The Morgan fingerprint density at radius 1 is 0.900 bits per heavy atom. The van der Waals surface area contributed by atoms with Crippen LogP contribution >= 0.6 is 0 Å². The molecule has 1 N–H and O–H groups in total. The highest BCUT2D eigenvalue weighted by molar-refractivity contribution is 6.10. The van der Waals surface area contributed by atoms with Crippen LogP contribution in [0.5, 0.6) is 0 Å². The molecule has 3 rings (SSSR count). The van der Waals surface area contributed by atoms with Gasteiger partial charge in [0.15, 0.2) is 0 Å². The smallest absolute Gasteiger partial charge is 0.0790 e. The van der Waals surface area contributed by atoms with Crippen LogP contribution in [0.1, 0.15) is 12.8 Å². The summed E-state index contributed by atoms with van der Waals surface area (Å²) < 4.78 is 0. The fourth-order valence-corrected chi connectivity index (χ4v) is 2.64. The minimum atomic E-state index is 0.599. The molecule has 0 aliphatic carbocycles. The van der Waals surface area contributed by atoms with Crippen LogP contribution in [0.25, 0.3) is 21.5 Å². The van der Waals surface area contributed by atoms with Gasteiger partial charge in [0, 0.05) is 17.3 Å². The quantitative estimate of drug-likeness (QED) is 0.540. The number of anilines is 1. The van der Waals surface area contributed by atoms with Crippen LogP contribution in [0.3, 0.4) is 0 Å². The van der Waals surface area contributed by atoms with Gasteiger partial charge in [-0.25, -0.2) is 0 Å². The average molecular weight is 264 g/mol. The highest BCUT2D eigenvalue weighted by Gasteiger charge is 2.12. The molecule has 0 saturated heterocycles. The number of hydrogen-bond acceptors (Lipinski definition) is 2. The molecule has 101 valence electrons. The van der Waals surface area contributed by atoms with Gasteiger partial charge in [0.1, 0.15) is 0 Å². The van der Waals surface area contributed by atoms with E-state index in [9.17, 15) is 5.21 Å². The Morgan fingerprint density at radius 2 is 1.45 bits per heavy atom. The maximum absolute atomic E-state index is 10.5. The van der Waals surface area contributed by atoms with Crippen LogP contribution in [0, 0.1) is 6.92 Å². The zero-order valence-electron chi connectivity index (χ0n) is 11.4. The second kappa shape index (κ2) is 5.51. The molecule has 0 atom stereocenters. The Morgan fingerprint density at radius 3 is 2.00 bits per heavy atom. The Kier molecular flexibility index (Phi) is 3.57. The molecule has 0 aliphatic heterocycles. The van der Waals surface area contributed by atoms with Gasteiger partial charge < -0.3 is 0 Å². The second-order valence-electron chi connectivity index (χ2n) is 5.00. The first-order chi connectivity index (χ1) is 9.81. The van der Waals surface area contributed by atoms with Crippen LogP contribution < -0.4 is 5.06 Å². The van der Waals surface area contributed by atoms with Gasteiger partial charge in [-0.1, -0.05) is 61.9 Å². The van der Waals surface area contributed by atoms with Crippen LogP contribution in [0.4, 0.5) is 5.69 Å². The van der Waals surface area contributed by atoms with Gasteiger partial charge in [0.2, 0.25) is 0 Å². The second-order valence-corrected chi connectivity index (χ2v) is 5.00. The van der Waals surface area contributed by atoms with Crippen molar-refractivity contribution in [2.75, 3.05) is 11.6 Å². The molecule has 1 radical (unpaired) electrons. The topological polar surface area (TPSA) is 23.5 Å². The molecule has 0 unspecified atom stereocenters. The van der Waals surface area contributed by atoms with E-state index in [-0.39, 0.29) is 0 Å². The molecule has 3 aromatic rings. The molecular formula is C18H18NO. The van der Waals surface area contributed by atoms with E-state index < -0.39 is 0 Å². The highest BCUT2D eigenvalue weighted by Crippen LogP contribution is 2.34. The van der Waals surface area contributed by atoms with Crippen molar-refractivity contribution in [1.29, 1.82) is 0 Å². The van der Waals surface area contributed by atoms with Crippen molar-refractivity contribution >= 4 is 27.2 Å². The summed E-state index contributed by atoms with van der Waals surface area (Å²) >= 11 is 0. The van der Waals surface area contributed by atoms with Crippen molar-refractivity contribution in [1.82, 2.24) is 0 Å². The summed E-state index contributed by atoms with van der Waals surface area (Å²) in [6.45, 7) is 4.44. The van der Waals surface area contributed by atoms with Crippen molar-refractivity contribution in [3.63, 3.8) is 0 Å². The van der Waals surface area contributed by atoms with E-state index in [0.29, 0.717) is 6.54 Å². The first-order valence-corrected chi connectivity index (χ1v) is 6.97. The van der Waals surface area contributed by atoms with E-state index in [1.54, 1.807) is 0 Å². The number of benzene rings is 3. The zero-order valence-corrected chi connectivity index (χ0v) is 11.4. The lowest BCUT2D eigenvalue weighted by atomic mass is 10.0. The summed E-state index contributed by atoms with van der Waals surface area (Å²) in [5.74, 6) is 0. The summed E-state index contributed by atoms with van der Waals surface area (Å²) in [6.07, 6.45) is 1.69. The lowest BCUT2D eigenvalue weighted by Gasteiger charge is -2.21. The van der Waals surface area contributed by atoms with Crippen molar-refractivity contribution in [2.45, 2.75) is 12.8 Å². The fourth-order valence-electron chi connectivity index (χ4n) is 2.64. The summed E-state index contributed by atoms with van der Waals surface area (Å²) in [6, 6.07) is 18.5. The number of fused-ring (bicyclic) bond motifs is 2. The molecule has 0 heterocycles. The third-order valence-electron chi connectivity index (χ3n) is 3.62. The highest BCUT2D eigenvalue weighted by atomic mass is 16.5. The van der Waals surface area contributed by atoms with Gasteiger partial charge in [-0.3, -0.25) is 10.3 Å². The molecule has 0 amide bonds. The number of hydrogen-bond donors (Lipinski definition) is 1. The average Bonchev–Trinajstić information content (AvgIpc) is 2.50. The van der Waals surface area contributed by atoms with E-state index in [1.807, 2.05) is 24.3 Å². The minimum Gasteiger partial charge on any atom is -0.288 e. The molecule has 3 aromatic carbocycles. The molecule has 0 aromatic heterocycles. The zero-order chi connectivity index (χ0) is 13.9. The van der Waals surface area contributed by atoms with Gasteiger partial charge in [-0.2, -0.15) is 0 Å². The molecule has 20 heavy (non-hydrogen) atoms. The number of rotatable bonds is 4. The lowest BCUT2D eigenvalue weighted by molar-refractivity contribution is 0.254. The summed E-state index contributed by atoms with van der Waals surface area (Å²) in [4.78, 5) is 0. The maximum atomic E-state index is 10.5. The summed E-state index contributed by atoms with van der Waals surface area (Å²) in [5.41, 5.74) is 0.896. The molecule has 0 saturated carbocycles. The van der Waals surface area contributed by atoms with Crippen LogP contribution in [-0.2, 0) is 0 Å². The van der Waals surface area contributed by atoms with Crippen molar-refractivity contribution in [2.24, 2.45) is 0 Å². The van der Waals surface area contributed by atoms with Gasteiger partial charge in [0.05, 0.1) is 5.69 Å². The molecular weight excluding hydrogens is 246 g/mol. The van der Waals surface area contributed by atoms with Crippen molar-refractivity contribution in [3.05, 3.63) is 61.5 Å². The predicted octanol–water partition coefficient (Wildman–Crippen LogP) is 4.80. The molecule has 0 aliphatic rings. The van der Waals surface area contributed by atoms with E-state index in [0.717, 1.165) is 40.1 Å². The molecule has 2 nitrogen and oxygen atoms in total. The van der Waals surface area contributed by atoms with E-state index in [4.69, 9.17) is 0 Å². The number of unbranched alkanes of at least 4 members (excludes halogenated alkanes) is 1. The largest absolute Gasteiger partial charge is 0.288 e. The minimum absolute atomic E-state index is 0.599. The number of nitrogens with zero attached hydrogens (tertiary/aromatic N) is 1. The first kappa shape index (κ1) is 12.9.